The van der Waals surface area contributed by atoms with E-state index < -0.39 is 6.23 Å². The van der Waals surface area contributed by atoms with Crippen LogP contribution in [-0.4, -0.2) is 18.4 Å². The van der Waals surface area contributed by atoms with Gasteiger partial charge in [-0.2, -0.15) is 0 Å². The molecule has 1 aromatic rings. The van der Waals surface area contributed by atoms with Gasteiger partial charge in [-0.05, 0) is 12.6 Å². The molecule has 0 spiro atoms. The fourth-order valence-electron chi connectivity index (χ4n) is 1.19. The number of aliphatic hydroxyl groups excluding tert-OH is 1. The van der Waals surface area contributed by atoms with E-state index in [1.165, 1.54) is 0 Å². The van der Waals surface area contributed by atoms with Gasteiger partial charge in [0.1, 0.15) is 6.23 Å². The molecule has 0 saturated heterocycles. The molecular weight excluding hydrogens is 150 g/mol. The van der Waals surface area contributed by atoms with E-state index in [1.54, 1.807) is 7.05 Å². The first-order valence-electron chi connectivity index (χ1n) is 4.16. The van der Waals surface area contributed by atoms with Crippen molar-refractivity contribution in [2.24, 2.45) is 0 Å². The molecular formula is C10H15NO. The quantitative estimate of drug-likeness (QED) is 0.662. The maximum atomic E-state index is 9.47. The predicted octanol–water partition coefficient (Wildman–Crippen LogP) is 1.33. The molecule has 2 N–H and O–H groups in total. The minimum Gasteiger partial charge on any atom is -0.378 e. The molecule has 12 heavy (non-hydrogen) atoms. The summed E-state index contributed by atoms with van der Waals surface area (Å²) in [6.07, 6.45) is -0.465. The highest BCUT2D eigenvalue weighted by Gasteiger charge is 2.12. The summed E-state index contributed by atoms with van der Waals surface area (Å²) >= 11 is 0. The van der Waals surface area contributed by atoms with Crippen molar-refractivity contribution in [3.63, 3.8) is 0 Å². The van der Waals surface area contributed by atoms with Crippen LogP contribution in [-0.2, 0) is 0 Å². The second-order valence-corrected chi connectivity index (χ2v) is 2.93. The molecule has 0 aliphatic heterocycles. The van der Waals surface area contributed by atoms with Crippen LogP contribution in [0.5, 0.6) is 0 Å². The number of nitrogens with one attached hydrogen (secondary N) is 1. The van der Waals surface area contributed by atoms with Crippen molar-refractivity contribution in [1.82, 2.24) is 5.32 Å². The minimum absolute atomic E-state index is 0.135. The number of rotatable bonds is 3. The lowest BCUT2D eigenvalue weighted by Gasteiger charge is -2.17. The molecule has 1 aromatic carbocycles. The number of likely N-dealkylation sites (N-methyl/N-ethyl adjacent to an activating group) is 1. The van der Waals surface area contributed by atoms with E-state index in [0.717, 1.165) is 5.56 Å². The lowest BCUT2D eigenvalue weighted by atomic mass is 10.00. The van der Waals surface area contributed by atoms with Gasteiger partial charge in [0, 0.05) is 5.92 Å². The van der Waals surface area contributed by atoms with Gasteiger partial charge in [0.05, 0.1) is 0 Å². The molecule has 2 unspecified atom stereocenters. The lowest BCUT2D eigenvalue weighted by Crippen LogP contribution is -2.29. The molecule has 0 heterocycles. The number of benzene rings is 1. The molecule has 0 aromatic heterocycles. The Morgan fingerprint density at radius 1 is 1.25 bits per heavy atom. The van der Waals surface area contributed by atoms with Crippen molar-refractivity contribution in [1.29, 1.82) is 0 Å². The van der Waals surface area contributed by atoms with E-state index in [2.05, 4.69) is 5.32 Å². The van der Waals surface area contributed by atoms with Gasteiger partial charge in [0.2, 0.25) is 0 Å². The third-order valence-electron chi connectivity index (χ3n) is 2.09. The summed E-state index contributed by atoms with van der Waals surface area (Å²) < 4.78 is 0. The monoisotopic (exact) mass is 165 g/mol. The van der Waals surface area contributed by atoms with Crippen LogP contribution in [0.4, 0.5) is 0 Å². The van der Waals surface area contributed by atoms with Gasteiger partial charge in [0.15, 0.2) is 0 Å². The molecule has 0 saturated carbocycles. The fraction of sp³-hybridized carbons (Fsp3) is 0.400. The number of aliphatic hydroxyl groups is 1. The topological polar surface area (TPSA) is 32.3 Å². The Balaban J connectivity index is 2.71. The Morgan fingerprint density at radius 3 is 2.33 bits per heavy atom. The van der Waals surface area contributed by atoms with Crippen molar-refractivity contribution < 1.29 is 5.11 Å². The molecule has 66 valence electrons. The maximum Gasteiger partial charge on any atom is 0.111 e. The smallest absolute Gasteiger partial charge is 0.111 e. The number of hydrogen-bond acceptors (Lipinski definition) is 2. The zero-order valence-corrected chi connectivity index (χ0v) is 7.49. The average molecular weight is 165 g/mol. The summed E-state index contributed by atoms with van der Waals surface area (Å²) in [5.74, 6) is 0.135. The third kappa shape index (κ3) is 2.06. The van der Waals surface area contributed by atoms with Crippen LogP contribution >= 0.6 is 0 Å². The molecule has 1 rings (SSSR count). The fourth-order valence-corrected chi connectivity index (χ4v) is 1.19. The molecule has 0 amide bonds. The largest absolute Gasteiger partial charge is 0.378 e. The highest BCUT2D eigenvalue weighted by atomic mass is 16.3. The van der Waals surface area contributed by atoms with Crippen molar-refractivity contribution in [2.75, 3.05) is 7.05 Å². The second kappa shape index (κ2) is 4.24. The molecule has 2 atom stereocenters. The second-order valence-electron chi connectivity index (χ2n) is 2.93. The van der Waals surface area contributed by atoms with Gasteiger partial charge in [-0.1, -0.05) is 37.3 Å². The zero-order valence-electron chi connectivity index (χ0n) is 7.49. The molecule has 0 fully saturated rings. The Labute approximate surface area is 73.2 Å². The Hall–Kier alpha value is -0.860. The maximum absolute atomic E-state index is 9.47. The van der Waals surface area contributed by atoms with Crippen LogP contribution in [0.25, 0.3) is 0 Å². The summed E-state index contributed by atoms with van der Waals surface area (Å²) in [6, 6.07) is 9.97. The summed E-state index contributed by atoms with van der Waals surface area (Å²) in [5, 5.41) is 12.3. The van der Waals surface area contributed by atoms with Gasteiger partial charge in [-0.25, -0.2) is 0 Å². The van der Waals surface area contributed by atoms with Gasteiger partial charge >= 0.3 is 0 Å². The van der Waals surface area contributed by atoms with Crippen molar-refractivity contribution in [3.05, 3.63) is 35.9 Å². The first-order valence-corrected chi connectivity index (χ1v) is 4.16. The van der Waals surface area contributed by atoms with Gasteiger partial charge < -0.3 is 5.11 Å². The van der Waals surface area contributed by atoms with Crippen molar-refractivity contribution >= 4 is 0 Å². The molecule has 0 radical (unpaired) electrons. The van der Waals surface area contributed by atoms with Crippen LogP contribution in [0.2, 0.25) is 0 Å². The van der Waals surface area contributed by atoms with Crippen LogP contribution in [0.1, 0.15) is 18.4 Å². The minimum atomic E-state index is -0.465. The highest BCUT2D eigenvalue weighted by Crippen LogP contribution is 2.16. The van der Waals surface area contributed by atoms with E-state index in [0.29, 0.717) is 0 Å². The Morgan fingerprint density at radius 2 is 1.83 bits per heavy atom. The van der Waals surface area contributed by atoms with Gasteiger partial charge in [-0.15, -0.1) is 0 Å². The van der Waals surface area contributed by atoms with Gasteiger partial charge in [0.25, 0.3) is 0 Å². The summed E-state index contributed by atoms with van der Waals surface area (Å²) in [7, 11) is 1.75. The average Bonchev–Trinajstić information content (AvgIpc) is 2.17. The van der Waals surface area contributed by atoms with E-state index in [-0.39, 0.29) is 5.92 Å². The van der Waals surface area contributed by atoms with Gasteiger partial charge in [-0.3, -0.25) is 5.32 Å². The van der Waals surface area contributed by atoms with Crippen molar-refractivity contribution in [3.8, 4) is 0 Å². The highest BCUT2D eigenvalue weighted by molar-refractivity contribution is 5.19. The zero-order chi connectivity index (χ0) is 8.97. The lowest BCUT2D eigenvalue weighted by molar-refractivity contribution is 0.122. The standard InChI is InChI=1S/C10H15NO/c1-8(10(12)11-2)9-6-4-3-5-7-9/h3-8,10-12H,1-2H3. The molecule has 2 heteroatoms. The Kier molecular flexibility index (Phi) is 3.26. The van der Waals surface area contributed by atoms with E-state index >= 15 is 0 Å². The van der Waals surface area contributed by atoms with E-state index in [1.807, 2.05) is 37.3 Å². The first kappa shape index (κ1) is 9.23. The van der Waals surface area contributed by atoms with E-state index in [9.17, 15) is 5.11 Å². The molecule has 0 aliphatic rings. The predicted molar refractivity (Wildman–Crippen MR) is 49.9 cm³/mol. The molecule has 2 nitrogen and oxygen atoms in total. The molecule has 0 bridgehead atoms. The van der Waals surface area contributed by atoms with Crippen LogP contribution in [0.15, 0.2) is 30.3 Å². The van der Waals surface area contributed by atoms with Crippen LogP contribution in [0, 0.1) is 0 Å². The first-order chi connectivity index (χ1) is 5.75. The Bertz CT molecular complexity index is 223. The third-order valence-corrected chi connectivity index (χ3v) is 2.09. The van der Waals surface area contributed by atoms with Crippen LogP contribution < -0.4 is 5.32 Å². The van der Waals surface area contributed by atoms with Crippen molar-refractivity contribution in [2.45, 2.75) is 19.1 Å². The SMILES string of the molecule is CNC(O)C(C)c1ccccc1. The number of hydrogen-bond donors (Lipinski definition) is 2. The summed E-state index contributed by atoms with van der Waals surface area (Å²) in [6.45, 7) is 2.00. The summed E-state index contributed by atoms with van der Waals surface area (Å²) in [4.78, 5) is 0. The summed E-state index contributed by atoms with van der Waals surface area (Å²) in [5.41, 5.74) is 1.15. The normalized spacial score (nSPS) is 15.6. The van der Waals surface area contributed by atoms with Crippen LogP contribution in [0.3, 0.4) is 0 Å². The van der Waals surface area contributed by atoms with E-state index in [4.69, 9.17) is 0 Å². The molecule has 0 aliphatic carbocycles.